The van der Waals surface area contributed by atoms with E-state index >= 15 is 0 Å². The van der Waals surface area contributed by atoms with E-state index in [0.29, 0.717) is 6.42 Å². The molecule has 0 aliphatic rings. The fourth-order valence-electron chi connectivity index (χ4n) is 1.19. The fourth-order valence-corrected chi connectivity index (χ4v) is 1.19. The van der Waals surface area contributed by atoms with Crippen LogP contribution in [0.1, 0.15) is 52.4 Å². The Balaban J connectivity index is 3.33. The molecule has 13 heavy (non-hydrogen) atoms. The molecule has 74 valence electrons. The Morgan fingerprint density at radius 2 is 1.92 bits per heavy atom. The summed E-state index contributed by atoms with van der Waals surface area (Å²) >= 11 is 0. The highest BCUT2D eigenvalue weighted by Gasteiger charge is 2.10. The number of hydrogen-bond acceptors (Lipinski definition) is 2. The molecule has 0 aliphatic carbocycles. The number of carbonyl (C=O) groups excluding carboxylic acids is 1. The first-order valence-corrected chi connectivity index (χ1v) is 5.14. The van der Waals surface area contributed by atoms with Crippen LogP contribution in [0.25, 0.3) is 0 Å². The van der Waals surface area contributed by atoms with Crippen molar-refractivity contribution >= 4 is 5.78 Å². The quantitative estimate of drug-likeness (QED) is 0.566. The number of Topliss-reactive ketones (excluding diaryl/α,β-unsaturated/α-hetero) is 1. The van der Waals surface area contributed by atoms with Crippen molar-refractivity contribution in [2.75, 3.05) is 0 Å². The molecule has 0 saturated carbocycles. The molecule has 0 fully saturated rings. The second-order valence-electron chi connectivity index (χ2n) is 3.48. The smallest absolute Gasteiger partial charge is 0.149 e. The van der Waals surface area contributed by atoms with E-state index in [9.17, 15) is 4.79 Å². The van der Waals surface area contributed by atoms with Crippen LogP contribution in [0.15, 0.2) is 0 Å². The third-order valence-corrected chi connectivity index (χ3v) is 2.20. The number of carbonyl (C=O) groups is 1. The summed E-state index contributed by atoms with van der Waals surface area (Å²) in [4.78, 5) is 11.2. The maximum absolute atomic E-state index is 11.2. The lowest BCUT2D eigenvalue weighted by molar-refractivity contribution is -0.121. The van der Waals surface area contributed by atoms with Crippen LogP contribution in [0.5, 0.6) is 0 Å². The molecule has 0 aliphatic heterocycles. The first-order chi connectivity index (χ1) is 6.22. The summed E-state index contributed by atoms with van der Waals surface area (Å²) in [6.07, 6.45) is 6.34. The van der Waals surface area contributed by atoms with Gasteiger partial charge >= 0.3 is 0 Å². The molecule has 0 heterocycles. The first kappa shape index (κ1) is 12.2. The molecule has 0 amide bonds. The van der Waals surface area contributed by atoms with Crippen molar-refractivity contribution in [3.05, 3.63) is 0 Å². The lowest BCUT2D eigenvalue weighted by Gasteiger charge is -2.01. The standard InChI is InChI=1S/C11H19NO/c1-3-4-5-6-7-8-11(13)10(2)9-12/h10H,3-8H2,1-2H3. The van der Waals surface area contributed by atoms with Crippen LogP contribution in [0, 0.1) is 17.2 Å². The predicted octanol–water partition coefficient (Wildman–Crippen LogP) is 3.08. The van der Waals surface area contributed by atoms with Crippen LogP contribution in [0.3, 0.4) is 0 Å². The highest BCUT2D eigenvalue weighted by atomic mass is 16.1. The van der Waals surface area contributed by atoms with Crippen molar-refractivity contribution in [3.63, 3.8) is 0 Å². The number of rotatable bonds is 7. The second-order valence-corrected chi connectivity index (χ2v) is 3.48. The fraction of sp³-hybridized carbons (Fsp3) is 0.818. The van der Waals surface area contributed by atoms with Gasteiger partial charge in [-0.1, -0.05) is 32.6 Å². The van der Waals surface area contributed by atoms with E-state index in [1.807, 2.05) is 6.07 Å². The van der Waals surface area contributed by atoms with Crippen molar-refractivity contribution in [2.24, 2.45) is 5.92 Å². The van der Waals surface area contributed by atoms with Crippen molar-refractivity contribution in [3.8, 4) is 6.07 Å². The van der Waals surface area contributed by atoms with E-state index in [0.717, 1.165) is 12.8 Å². The minimum atomic E-state index is -0.411. The topological polar surface area (TPSA) is 40.9 Å². The SMILES string of the molecule is CCCCCCCC(=O)C(C)C#N. The molecular formula is C11H19NO. The summed E-state index contributed by atoms with van der Waals surface area (Å²) in [5, 5.41) is 8.48. The van der Waals surface area contributed by atoms with E-state index in [4.69, 9.17) is 5.26 Å². The highest BCUT2D eigenvalue weighted by Crippen LogP contribution is 2.08. The molecule has 2 nitrogen and oxygen atoms in total. The molecule has 0 rings (SSSR count). The van der Waals surface area contributed by atoms with E-state index in [-0.39, 0.29) is 5.78 Å². The highest BCUT2D eigenvalue weighted by molar-refractivity contribution is 5.82. The summed E-state index contributed by atoms with van der Waals surface area (Å²) in [7, 11) is 0. The normalized spacial score (nSPS) is 12.1. The maximum atomic E-state index is 11.2. The van der Waals surface area contributed by atoms with Crippen LogP contribution in [0.2, 0.25) is 0 Å². The van der Waals surface area contributed by atoms with E-state index < -0.39 is 5.92 Å². The molecule has 1 unspecified atom stereocenters. The van der Waals surface area contributed by atoms with Gasteiger partial charge in [-0.15, -0.1) is 0 Å². The Labute approximate surface area is 80.9 Å². The summed E-state index contributed by atoms with van der Waals surface area (Å²) in [5.74, 6) is -0.315. The van der Waals surface area contributed by atoms with Gasteiger partial charge in [-0.3, -0.25) is 4.79 Å². The van der Waals surface area contributed by atoms with Crippen LogP contribution in [-0.4, -0.2) is 5.78 Å². The molecule has 0 aromatic rings. The molecule has 2 heteroatoms. The molecule has 0 aromatic carbocycles. The van der Waals surface area contributed by atoms with Crippen molar-refractivity contribution in [1.82, 2.24) is 0 Å². The number of hydrogen-bond donors (Lipinski definition) is 0. The van der Waals surface area contributed by atoms with Crippen LogP contribution in [-0.2, 0) is 4.79 Å². The summed E-state index contributed by atoms with van der Waals surface area (Å²) in [5.41, 5.74) is 0. The van der Waals surface area contributed by atoms with E-state index in [2.05, 4.69) is 6.92 Å². The molecule has 1 atom stereocenters. The third kappa shape index (κ3) is 6.33. The predicted molar refractivity (Wildman–Crippen MR) is 53.2 cm³/mol. The number of unbranched alkanes of at least 4 members (excludes halogenated alkanes) is 4. The lowest BCUT2D eigenvalue weighted by Crippen LogP contribution is -2.07. The molecule has 0 saturated heterocycles. The van der Waals surface area contributed by atoms with Gasteiger partial charge in [0.15, 0.2) is 0 Å². The van der Waals surface area contributed by atoms with Crippen molar-refractivity contribution in [1.29, 1.82) is 5.26 Å². The van der Waals surface area contributed by atoms with Gasteiger partial charge in [-0.05, 0) is 13.3 Å². The second kappa shape index (κ2) is 7.79. The summed E-state index contributed by atoms with van der Waals surface area (Å²) < 4.78 is 0. The van der Waals surface area contributed by atoms with Gasteiger partial charge in [0, 0.05) is 6.42 Å². The van der Waals surface area contributed by atoms with Gasteiger partial charge in [0.1, 0.15) is 11.7 Å². The molecule has 0 radical (unpaired) electrons. The Kier molecular flexibility index (Phi) is 7.29. The minimum absolute atomic E-state index is 0.0963. The number of ketones is 1. The zero-order valence-electron chi connectivity index (χ0n) is 8.68. The average molecular weight is 181 g/mol. The first-order valence-electron chi connectivity index (χ1n) is 5.14. The van der Waals surface area contributed by atoms with Gasteiger partial charge in [-0.2, -0.15) is 5.26 Å². The largest absolute Gasteiger partial charge is 0.298 e. The number of nitriles is 1. The summed E-state index contributed by atoms with van der Waals surface area (Å²) in [6.45, 7) is 3.84. The van der Waals surface area contributed by atoms with Crippen LogP contribution >= 0.6 is 0 Å². The van der Waals surface area contributed by atoms with Gasteiger partial charge in [0.2, 0.25) is 0 Å². The van der Waals surface area contributed by atoms with Gasteiger partial charge in [0.05, 0.1) is 6.07 Å². The average Bonchev–Trinajstić information content (AvgIpc) is 2.16. The zero-order valence-corrected chi connectivity index (χ0v) is 8.68. The monoisotopic (exact) mass is 181 g/mol. The molecular weight excluding hydrogens is 162 g/mol. The minimum Gasteiger partial charge on any atom is -0.298 e. The molecule has 0 aromatic heterocycles. The van der Waals surface area contributed by atoms with Crippen LogP contribution < -0.4 is 0 Å². The Bertz CT molecular complexity index is 181. The Morgan fingerprint density at radius 1 is 1.31 bits per heavy atom. The third-order valence-electron chi connectivity index (χ3n) is 2.20. The molecule has 0 N–H and O–H groups in total. The van der Waals surface area contributed by atoms with Crippen molar-refractivity contribution < 1.29 is 4.79 Å². The van der Waals surface area contributed by atoms with Gasteiger partial charge < -0.3 is 0 Å². The summed E-state index contributed by atoms with van der Waals surface area (Å²) in [6, 6.07) is 1.97. The number of nitrogens with zero attached hydrogens (tertiary/aromatic N) is 1. The molecule has 0 bridgehead atoms. The van der Waals surface area contributed by atoms with Crippen LogP contribution in [0.4, 0.5) is 0 Å². The van der Waals surface area contributed by atoms with E-state index in [1.165, 1.54) is 19.3 Å². The maximum Gasteiger partial charge on any atom is 0.149 e. The van der Waals surface area contributed by atoms with Crippen molar-refractivity contribution in [2.45, 2.75) is 52.4 Å². The molecule has 0 spiro atoms. The Hall–Kier alpha value is -0.840. The van der Waals surface area contributed by atoms with E-state index in [1.54, 1.807) is 6.92 Å². The van der Waals surface area contributed by atoms with Gasteiger partial charge in [0.25, 0.3) is 0 Å². The Morgan fingerprint density at radius 3 is 2.46 bits per heavy atom. The zero-order chi connectivity index (χ0) is 10.1. The van der Waals surface area contributed by atoms with Gasteiger partial charge in [-0.25, -0.2) is 0 Å². The lowest BCUT2D eigenvalue weighted by atomic mass is 10.0.